The minimum absolute atomic E-state index is 0.0797. The number of ether oxygens (including phenoxy) is 2. The molecule has 0 saturated heterocycles. The molecule has 1 unspecified atom stereocenters. The number of hydrogen-bond acceptors (Lipinski definition) is 4. The van der Waals surface area contributed by atoms with Gasteiger partial charge in [-0.15, -0.1) is 0 Å². The van der Waals surface area contributed by atoms with Gasteiger partial charge in [0.05, 0.1) is 12.2 Å². The minimum atomic E-state index is -0.657. The summed E-state index contributed by atoms with van der Waals surface area (Å²) in [6.45, 7) is 5.69. The molecule has 0 radical (unpaired) electrons. The summed E-state index contributed by atoms with van der Waals surface area (Å²) < 4.78 is 10.9. The highest BCUT2D eigenvalue weighted by molar-refractivity contribution is 6.02. The molecule has 1 atom stereocenters. The number of amides is 1. The van der Waals surface area contributed by atoms with Crippen LogP contribution in [0, 0.1) is 0 Å². The molecule has 0 spiro atoms. The monoisotopic (exact) mass is 326 g/mol. The van der Waals surface area contributed by atoms with Crippen LogP contribution in [0.4, 0.5) is 5.69 Å². The number of carbonyl (C=O) groups is 1. The van der Waals surface area contributed by atoms with Crippen LogP contribution < -0.4 is 15.4 Å². The lowest BCUT2D eigenvalue weighted by atomic mass is 9.96. The Balaban J connectivity index is 1.73. The van der Waals surface area contributed by atoms with Gasteiger partial charge in [-0.3, -0.25) is 4.79 Å². The van der Waals surface area contributed by atoms with Crippen molar-refractivity contribution in [2.24, 2.45) is 0 Å². The molecule has 1 heterocycles. The van der Waals surface area contributed by atoms with Crippen molar-refractivity contribution in [2.75, 3.05) is 25.1 Å². The van der Waals surface area contributed by atoms with Gasteiger partial charge in [0.25, 0.3) is 5.91 Å². The van der Waals surface area contributed by atoms with Gasteiger partial charge in [-0.2, -0.15) is 0 Å². The molecular weight excluding hydrogens is 304 g/mol. The summed E-state index contributed by atoms with van der Waals surface area (Å²) in [6, 6.07) is 15.2. The van der Waals surface area contributed by atoms with Crippen LogP contribution in [0.25, 0.3) is 0 Å². The lowest BCUT2D eigenvalue weighted by Gasteiger charge is -2.38. The maximum absolute atomic E-state index is 12.4. The lowest BCUT2D eigenvalue weighted by Crippen LogP contribution is -2.52. The molecule has 2 N–H and O–H groups in total. The minimum Gasteiger partial charge on any atom is -0.491 e. The second kappa shape index (κ2) is 6.93. The first-order valence-corrected chi connectivity index (χ1v) is 8.13. The predicted octanol–water partition coefficient (Wildman–Crippen LogP) is 3.13. The number of rotatable bonds is 6. The van der Waals surface area contributed by atoms with Crippen molar-refractivity contribution < 1.29 is 14.3 Å². The number of nitrogens with one attached hydrogen (secondary N) is 2. The number of fused-ring (bicyclic) bond motifs is 1. The van der Waals surface area contributed by atoms with E-state index in [-0.39, 0.29) is 5.91 Å². The summed E-state index contributed by atoms with van der Waals surface area (Å²) in [5, 5.41) is 6.44. The van der Waals surface area contributed by atoms with Crippen molar-refractivity contribution in [1.29, 1.82) is 0 Å². The standard InChI is InChI=1S/C19H22N2O3/c1-3-23-12-13-24-15-10-8-14(9-11-15)19(2)20-17-7-5-4-6-16(17)18(22)21-19/h4-11,20H,3,12-13H2,1-2H3,(H,21,22). The third-order valence-electron chi connectivity index (χ3n) is 4.05. The van der Waals surface area contributed by atoms with Crippen LogP contribution >= 0.6 is 0 Å². The zero-order chi connectivity index (χ0) is 17.0. The van der Waals surface area contributed by atoms with Crippen LogP contribution in [0.5, 0.6) is 5.75 Å². The van der Waals surface area contributed by atoms with Gasteiger partial charge in [0.2, 0.25) is 0 Å². The largest absolute Gasteiger partial charge is 0.491 e. The van der Waals surface area contributed by atoms with E-state index in [1.165, 1.54) is 0 Å². The first kappa shape index (κ1) is 16.3. The zero-order valence-electron chi connectivity index (χ0n) is 14.0. The Kier molecular flexibility index (Phi) is 4.71. The molecule has 1 aliphatic rings. The quantitative estimate of drug-likeness (QED) is 0.801. The van der Waals surface area contributed by atoms with E-state index in [9.17, 15) is 4.79 Å². The number of para-hydroxylation sites is 1. The summed E-state index contributed by atoms with van der Waals surface area (Å²) in [5.41, 5.74) is 1.80. The second-order valence-corrected chi connectivity index (χ2v) is 5.82. The van der Waals surface area contributed by atoms with Gasteiger partial charge in [-0.05, 0) is 43.7 Å². The van der Waals surface area contributed by atoms with Gasteiger partial charge in [0.1, 0.15) is 18.0 Å². The maximum atomic E-state index is 12.4. The molecule has 24 heavy (non-hydrogen) atoms. The van der Waals surface area contributed by atoms with Crippen molar-refractivity contribution in [3.8, 4) is 5.75 Å². The van der Waals surface area contributed by atoms with Crippen LogP contribution in [0.15, 0.2) is 48.5 Å². The molecule has 1 amide bonds. The summed E-state index contributed by atoms with van der Waals surface area (Å²) in [4.78, 5) is 12.4. The fourth-order valence-corrected chi connectivity index (χ4v) is 2.78. The van der Waals surface area contributed by atoms with E-state index in [0.717, 1.165) is 17.0 Å². The van der Waals surface area contributed by atoms with Crippen LogP contribution in [0.3, 0.4) is 0 Å². The first-order chi connectivity index (χ1) is 11.6. The van der Waals surface area contributed by atoms with E-state index < -0.39 is 5.66 Å². The highest BCUT2D eigenvalue weighted by Gasteiger charge is 2.34. The van der Waals surface area contributed by atoms with Crippen molar-refractivity contribution in [3.63, 3.8) is 0 Å². The second-order valence-electron chi connectivity index (χ2n) is 5.82. The van der Waals surface area contributed by atoms with Gasteiger partial charge in [0, 0.05) is 12.3 Å². The van der Waals surface area contributed by atoms with Crippen LogP contribution in [0.1, 0.15) is 29.8 Å². The lowest BCUT2D eigenvalue weighted by molar-refractivity contribution is 0.0906. The summed E-state index contributed by atoms with van der Waals surface area (Å²) in [6.07, 6.45) is 0. The zero-order valence-corrected chi connectivity index (χ0v) is 14.0. The van der Waals surface area contributed by atoms with E-state index in [2.05, 4.69) is 10.6 Å². The molecule has 2 aromatic carbocycles. The van der Waals surface area contributed by atoms with Gasteiger partial charge >= 0.3 is 0 Å². The van der Waals surface area contributed by atoms with E-state index in [0.29, 0.717) is 25.4 Å². The Morgan fingerprint density at radius 1 is 1.00 bits per heavy atom. The van der Waals surface area contributed by atoms with E-state index in [1.807, 2.05) is 62.4 Å². The van der Waals surface area contributed by atoms with E-state index in [4.69, 9.17) is 9.47 Å². The number of hydrogen-bond donors (Lipinski definition) is 2. The molecule has 126 valence electrons. The fraction of sp³-hybridized carbons (Fsp3) is 0.316. The molecule has 0 saturated carbocycles. The molecule has 0 fully saturated rings. The van der Waals surface area contributed by atoms with Gasteiger partial charge < -0.3 is 20.1 Å². The molecule has 5 nitrogen and oxygen atoms in total. The Morgan fingerprint density at radius 3 is 2.50 bits per heavy atom. The molecule has 3 rings (SSSR count). The Labute approximate surface area is 142 Å². The van der Waals surface area contributed by atoms with Crippen LogP contribution in [0.2, 0.25) is 0 Å². The summed E-state index contributed by atoms with van der Waals surface area (Å²) in [7, 11) is 0. The average Bonchev–Trinajstić information content (AvgIpc) is 2.59. The van der Waals surface area contributed by atoms with Crippen LogP contribution in [-0.4, -0.2) is 25.7 Å². The highest BCUT2D eigenvalue weighted by atomic mass is 16.5. The third kappa shape index (κ3) is 3.36. The van der Waals surface area contributed by atoms with Crippen LogP contribution in [-0.2, 0) is 10.4 Å². The first-order valence-electron chi connectivity index (χ1n) is 8.13. The topological polar surface area (TPSA) is 59.6 Å². The normalized spacial score (nSPS) is 19.2. The maximum Gasteiger partial charge on any atom is 0.255 e. The predicted molar refractivity (Wildman–Crippen MR) is 93.3 cm³/mol. The van der Waals surface area contributed by atoms with Crippen molar-refractivity contribution >= 4 is 11.6 Å². The highest BCUT2D eigenvalue weighted by Crippen LogP contribution is 2.31. The van der Waals surface area contributed by atoms with Gasteiger partial charge in [-0.25, -0.2) is 0 Å². The van der Waals surface area contributed by atoms with Crippen molar-refractivity contribution in [2.45, 2.75) is 19.5 Å². The van der Waals surface area contributed by atoms with E-state index in [1.54, 1.807) is 0 Å². The molecule has 0 aromatic heterocycles. The van der Waals surface area contributed by atoms with Gasteiger partial charge in [-0.1, -0.05) is 24.3 Å². The summed E-state index contributed by atoms with van der Waals surface area (Å²) >= 11 is 0. The Morgan fingerprint density at radius 2 is 1.75 bits per heavy atom. The number of anilines is 1. The molecular formula is C19H22N2O3. The molecule has 2 aromatic rings. The number of carbonyl (C=O) groups excluding carboxylic acids is 1. The fourth-order valence-electron chi connectivity index (χ4n) is 2.78. The summed E-state index contributed by atoms with van der Waals surface area (Å²) in [5.74, 6) is 0.702. The molecule has 1 aliphatic heterocycles. The molecule has 0 bridgehead atoms. The van der Waals surface area contributed by atoms with Gasteiger partial charge in [0.15, 0.2) is 0 Å². The smallest absolute Gasteiger partial charge is 0.255 e. The average molecular weight is 326 g/mol. The van der Waals surface area contributed by atoms with Crippen molar-refractivity contribution in [1.82, 2.24) is 5.32 Å². The Bertz CT molecular complexity index is 715. The molecule has 0 aliphatic carbocycles. The third-order valence-corrected chi connectivity index (χ3v) is 4.05. The molecule has 5 heteroatoms. The number of benzene rings is 2. The SMILES string of the molecule is CCOCCOc1ccc(C2(C)NC(=O)c3ccccc3N2)cc1. The van der Waals surface area contributed by atoms with Crippen molar-refractivity contribution in [3.05, 3.63) is 59.7 Å². The Hall–Kier alpha value is -2.53. The van der Waals surface area contributed by atoms with E-state index >= 15 is 0 Å².